The van der Waals surface area contributed by atoms with E-state index in [1.54, 1.807) is 12.4 Å². The van der Waals surface area contributed by atoms with Crippen LogP contribution in [0.2, 0.25) is 0 Å². The van der Waals surface area contributed by atoms with Crippen LogP contribution in [0.1, 0.15) is 11.4 Å². The maximum absolute atomic E-state index is 6.29. The molecule has 6 nitrogen and oxygen atoms in total. The van der Waals surface area contributed by atoms with Gasteiger partial charge in [0.1, 0.15) is 29.6 Å². The lowest BCUT2D eigenvalue weighted by Crippen LogP contribution is -1.82. The van der Waals surface area contributed by atoms with E-state index in [9.17, 15) is 0 Å². The van der Waals surface area contributed by atoms with Crippen molar-refractivity contribution in [1.29, 1.82) is 0 Å². The molecule has 0 unspecified atom stereocenters. The summed E-state index contributed by atoms with van der Waals surface area (Å²) in [7, 11) is 0. The number of fused-ring (bicyclic) bond motifs is 3. The number of aromatic nitrogens is 4. The lowest BCUT2D eigenvalue weighted by molar-refractivity contribution is 0.623. The van der Waals surface area contributed by atoms with Crippen LogP contribution in [0.4, 0.5) is 0 Å². The van der Waals surface area contributed by atoms with Crippen molar-refractivity contribution in [2.45, 2.75) is 13.8 Å². The van der Waals surface area contributed by atoms with Crippen LogP contribution in [0.25, 0.3) is 53.1 Å². The molecule has 6 aromatic rings. The summed E-state index contributed by atoms with van der Waals surface area (Å²) in [6.07, 6.45) is 3.51. The summed E-state index contributed by atoms with van der Waals surface area (Å²) in [5.74, 6) is 1.32. The molecule has 0 aliphatic rings. The van der Waals surface area contributed by atoms with Crippen LogP contribution in [-0.2, 0) is 0 Å². The van der Waals surface area contributed by atoms with Crippen molar-refractivity contribution in [2.24, 2.45) is 0 Å². The minimum Gasteiger partial charge on any atom is -0.449 e. The SMILES string of the molecule is Cc1cnc2c(Br)c(-c3oc4c(Br)c(-c5sc6nc(C)cnc6c5Br)oc4c3Br)sc2n1. The van der Waals surface area contributed by atoms with E-state index < -0.39 is 0 Å². The fourth-order valence-electron chi connectivity index (χ4n) is 3.32. The van der Waals surface area contributed by atoms with Crippen LogP contribution in [0.15, 0.2) is 39.1 Å². The van der Waals surface area contributed by atoms with Crippen LogP contribution in [-0.4, -0.2) is 19.9 Å². The van der Waals surface area contributed by atoms with Crippen molar-refractivity contribution < 1.29 is 8.83 Å². The zero-order chi connectivity index (χ0) is 22.3. The fourth-order valence-corrected chi connectivity index (χ4v) is 8.46. The molecule has 0 saturated heterocycles. The van der Waals surface area contributed by atoms with E-state index in [4.69, 9.17) is 8.83 Å². The molecule has 160 valence electrons. The molecular formula is C20H8Br4N4O2S2. The zero-order valence-electron chi connectivity index (χ0n) is 16.1. The Labute approximate surface area is 222 Å². The van der Waals surface area contributed by atoms with Gasteiger partial charge in [0, 0.05) is 12.4 Å². The van der Waals surface area contributed by atoms with E-state index in [1.807, 2.05) is 13.8 Å². The molecule has 0 bridgehead atoms. The van der Waals surface area contributed by atoms with Gasteiger partial charge < -0.3 is 8.83 Å². The normalized spacial score (nSPS) is 12.1. The Morgan fingerprint density at radius 1 is 0.656 bits per heavy atom. The Morgan fingerprint density at radius 3 is 1.47 bits per heavy atom. The number of thiophene rings is 2. The second-order valence-corrected chi connectivity index (χ2v) is 12.1. The second kappa shape index (κ2) is 7.67. The van der Waals surface area contributed by atoms with E-state index >= 15 is 0 Å². The first-order valence-corrected chi connectivity index (χ1v) is 13.9. The molecule has 0 radical (unpaired) electrons. The van der Waals surface area contributed by atoms with Crippen molar-refractivity contribution >= 4 is 118 Å². The van der Waals surface area contributed by atoms with Gasteiger partial charge in [0.2, 0.25) is 0 Å². The standard InChI is InChI=1S/C20H8Br4N4O2S2/c1-5-3-25-11-7(21)17(31-19(11)27-5)15-9(23)13-14(29-15)10(24)16(30-13)18-8(22)12-20(32-18)28-6(2)4-26-12/h3-4H,1-2H3. The minimum absolute atomic E-state index is 0.616. The Balaban J connectivity index is 1.54. The molecule has 0 aliphatic carbocycles. The molecule has 0 fully saturated rings. The summed E-state index contributed by atoms with van der Waals surface area (Å²) in [6.45, 7) is 3.85. The summed E-state index contributed by atoms with van der Waals surface area (Å²) in [5, 5.41) is 0. The van der Waals surface area contributed by atoms with E-state index in [1.165, 1.54) is 22.7 Å². The van der Waals surface area contributed by atoms with Gasteiger partial charge in [-0.05, 0) is 77.6 Å². The monoisotopic (exact) mass is 716 g/mol. The molecule has 6 rings (SSSR count). The molecule has 0 atom stereocenters. The largest absolute Gasteiger partial charge is 0.449 e. The van der Waals surface area contributed by atoms with Gasteiger partial charge in [-0.2, -0.15) is 0 Å². The Hall–Kier alpha value is -1.18. The predicted molar refractivity (Wildman–Crippen MR) is 142 cm³/mol. The quantitative estimate of drug-likeness (QED) is 0.178. The zero-order valence-corrected chi connectivity index (χ0v) is 24.1. The lowest BCUT2D eigenvalue weighted by atomic mass is 10.3. The third-order valence-electron chi connectivity index (χ3n) is 4.76. The maximum atomic E-state index is 6.29. The molecule has 0 amide bonds. The van der Waals surface area contributed by atoms with Crippen molar-refractivity contribution in [3.05, 3.63) is 41.7 Å². The van der Waals surface area contributed by atoms with Crippen LogP contribution < -0.4 is 0 Å². The summed E-state index contributed by atoms with van der Waals surface area (Å²) in [4.78, 5) is 21.6. The van der Waals surface area contributed by atoms with Gasteiger partial charge in [0.25, 0.3) is 0 Å². The van der Waals surface area contributed by atoms with Gasteiger partial charge in [-0.25, -0.2) is 9.97 Å². The van der Waals surface area contributed by atoms with Gasteiger partial charge in [0.05, 0.1) is 30.1 Å². The van der Waals surface area contributed by atoms with E-state index in [2.05, 4.69) is 83.7 Å². The molecular weight excluding hydrogens is 712 g/mol. The Bertz CT molecular complexity index is 1590. The summed E-state index contributed by atoms with van der Waals surface area (Å²) < 4.78 is 15.7. The second-order valence-electron chi connectivity index (χ2n) is 6.97. The van der Waals surface area contributed by atoms with Gasteiger partial charge >= 0.3 is 0 Å². The summed E-state index contributed by atoms with van der Waals surface area (Å²) in [5.41, 5.74) is 4.57. The first-order valence-electron chi connectivity index (χ1n) is 9.07. The topological polar surface area (TPSA) is 77.8 Å². The molecule has 0 aromatic carbocycles. The Morgan fingerprint density at radius 2 is 1.06 bits per heavy atom. The highest BCUT2D eigenvalue weighted by atomic mass is 79.9. The third-order valence-corrected chi connectivity index (χ3v) is 10.4. The smallest absolute Gasteiger partial charge is 0.189 e. The summed E-state index contributed by atoms with van der Waals surface area (Å²) in [6, 6.07) is 0. The number of aryl methyl sites for hydroxylation is 2. The molecule has 0 N–H and O–H groups in total. The molecule has 0 saturated carbocycles. The average molecular weight is 720 g/mol. The highest BCUT2D eigenvalue weighted by molar-refractivity contribution is 9.11. The summed E-state index contributed by atoms with van der Waals surface area (Å²) >= 11 is 17.7. The lowest BCUT2D eigenvalue weighted by Gasteiger charge is -1.97. The molecule has 12 heteroatoms. The van der Waals surface area contributed by atoms with E-state index in [0.717, 1.165) is 59.7 Å². The van der Waals surface area contributed by atoms with Crippen molar-refractivity contribution in [3.63, 3.8) is 0 Å². The highest BCUT2D eigenvalue weighted by Gasteiger charge is 2.29. The fraction of sp³-hybridized carbons (Fsp3) is 0.100. The van der Waals surface area contributed by atoms with Crippen molar-refractivity contribution in [1.82, 2.24) is 19.9 Å². The number of hydrogen-bond donors (Lipinski definition) is 0. The number of rotatable bonds is 2. The van der Waals surface area contributed by atoms with Gasteiger partial charge in [-0.15, -0.1) is 22.7 Å². The molecule has 0 spiro atoms. The molecule has 6 heterocycles. The third kappa shape index (κ3) is 3.10. The van der Waals surface area contributed by atoms with Crippen molar-refractivity contribution in [3.8, 4) is 21.3 Å². The molecule has 32 heavy (non-hydrogen) atoms. The van der Waals surface area contributed by atoms with Crippen LogP contribution in [0.3, 0.4) is 0 Å². The molecule has 0 aliphatic heterocycles. The molecule has 6 aromatic heterocycles. The number of nitrogens with zero attached hydrogens (tertiary/aromatic N) is 4. The van der Waals surface area contributed by atoms with Crippen LogP contribution in [0.5, 0.6) is 0 Å². The van der Waals surface area contributed by atoms with Crippen LogP contribution in [0, 0.1) is 13.8 Å². The van der Waals surface area contributed by atoms with E-state index in [0.29, 0.717) is 22.7 Å². The van der Waals surface area contributed by atoms with Gasteiger partial charge in [-0.3, -0.25) is 9.97 Å². The van der Waals surface area contributed by atoms with Crippen molar-refractivity contribution in [2.75, 3.05) is 0 Å². The Kier molecular flexibility index (Phi) is 5.12. The van der Waals surface area contributed by atoms with E-state index in [-0.39, 0.29) is 0 Å². The number of hydrogen-bond acceptors (Lipinski definition) is 8. The average Bonchev–Trinajstić information content (AvgIpc) is 3.45. The minimum atomic E-state index is 0.616. The first-order chi connectivity index (χ1) is 15.3. The highest BCUT2D eigenvalue weighted by Crippen LogP contribution is 2.52. The van der Waals surface area contributed by atoms with Crippen LogP contribution >= 0.6 is 86.4 Å². The maximum Gasteiger partial charge on any atom is 0.189 e. The number of furan rings is 2. The number of halogens is 4. The van der Waals surface area contributed by atoms with Gasteiger partial charge in [-0.1, -0.05) is 0 Å². The van der Waals surface area contributed by atoms with Gasteiger partial charge in [0.15, 0.2) is 22.7 Å². The predicted octanol–water partition coefficient (Wildman–Crippen LogP) is 9.04. The first kappa shape index (κ1) is 21.4.